The van der Waals surface area contributed by atoms with Gasteiger partial charge in [-0.05, 0) is 23.8 Å². The summed E-state index contributed by atoms with van der Waals surface area (Å²) in [7, 11) is 0. The molecule has 1 aromatic heterocycles. The molecule has 4 heteroatoms. The highest BCUT2D eigenvalue weighted by Gasteiger charge is 2.16. The Morgan fingerprint density at radius 3 is 2.41 bits per heavy atom. The molecule has 1 saturated heterocycles. The van der Waals surface area contributed by atoms with E-state index in [4.69, 9.17) is 4.74 Å². The number of para-hydroxylation sites is 1. The SMILES string of the molecule is c1ccc(OCCN2CCN(Cc3cccnc3)CC2)cc1. The number of hydrogen-bond donors (Lipinski definition) is 0. The lowest BCUT2D eigenvalue weighted by atomic mass is 10.2. The molecule has 22 heavy (non-hydrogen) atoms. The molecule has 0 atom stereocenters. The van der Waals surface area contributed by atoms with Gasteiger partial charge in [0.15, 0.2) is 0 Å². The fourth-order valence-corrected chi connectivity index (χ4v) is 2.73. The summed E-state index contributed by atoms with van der Waals surface area (Å²) in [6, 6.07) is 14.2. The normalized spacial score (nSPS) is 16.5. The van der Waals surface area contributed by atoms with E-state index in [1.807, 2.05) is 48.8 Å². The van der Waals surface area contributed by atoms with Crippen LogP contribution in [0.25, 0.3) is 0 Å². The molecule has 0 spiro atoms. The van der Waals surface area contributed by atoms with Crippen molar-refractivity contribution in [3.05, 3.63) is 60.4 Å². The molecular formula is C18H23N3O. The maximum Gasteiger partial charge on any atom is 0.119 e. The van der Waals surface area contributed by atoms with Crippen LogP contribution >= 0.6 is 0 Å². The average Bonchev–Trinajstić information content (AvgIpc) is 2.58. The third-order valence-electron chi connectivity index (χ3n) is 4.01. The van der Waals surface area contributed by atoms with Crippen LogP contribution in [0.1, 0.15) is 5.56 Å². The number of pyridine rings is 1. The van der Waals surface area contributed by atoms with E-state index in [-0.39, 0.29) is 0 Å². The lowest BCUT2D eigenvalue weighted by molar-refractivity contribution is 0.112. The van der Waals surface area contributed by atoms with Crippen LogP contribution in [0.4, 0.5) is 0 Å². The standard InChI is InChI=1S/C18H23N3O/c1-2-6-18(7-3-1)22-14-13-20-9-11-21(12-10-20)16-17-5-4-8-19-15-17/h1-8,15H,9-14,16H2. The van der Waals surface area contributed by atoms with Crippen molar-refractivity contribution >= 4 is 0 Å². The molecule has 1 aliphatic heterocycles. The number of rotatable bonds is 6. The lowest BCUT2D eigenvalue weighted by Gasteiger charge is -2.34. The van der Waals surface area contributed by atoms with Gasteiger partial charge in [-0.1, -0.05) is 24.3 Å². The highest BCUT2D eigenvalue weighted by molar-refractivity contribution is 5.20. The van der Waals surface area contributed by atoms with Crippen molar-refractivity contribution in [2.75, 3.05) is 39.3 Å². The van der Waals surface area contributed by atoms with Crippen molar-refractivity contribution in [2.24, 2.45) is 0 Å². The molecule has 1 fully saturated rings. The zero-order chi connectivity index (χ0) is 15.0. The van der Waals surface area contributed by atoms with Gasteiger partial charge in [-0.3, -0.25) is 14.8 Å². The Kier molecular flexibility index (Phi) is 5.40. The van der Waals surface area contributed by atoms with E-state index in [1.165, 1.54) is 5.56 Å². The van der Waals surface area contributed by atoms with E-state index in [1.54, 1.807) is 0 Å². The van der Waals surface area contributed by atoms with Crippen LogP contribution in [0.5, 0.6) is 5.75 Å². The Bertz CT molecular complexity index is 539. The van der Waals surface area contributed by atoms with Gasteiger partial charge < -0.3 is 4.74 Å². The summed E-state index contributed by atoms with van der Waals surface area (Å²) < 4.78 is 5.77. The molecule has 1 aromatic carbocycles. The van der Waals surface area contributed by atoms with E-state index in [9.17, 15) is 0 Å². The predicted molar refractivity (Wildman–Crippen MR) is 87.9 cm³/mol. The molecule has 3 rings (SSSR count). The first kappa shape index (κ1) is 15.0. The maximum absolute atomic E-state index is 5.77. The molecule has 4 nitrogen and oxygen atoms in total. The van der Waals surface area contributed by atoms with E-state index in [0.29, 0.717) is 0 Å². The molecule has 2 heterocycles. The number of aromatic nitrogens is 1. The first-order valence-electron chi connectivity index (χ1n) is 7.91. The summed E-state index contributed by atoms with van der Waals surface area (Å²) in [6.45, 7) is 7.20. The summed E-state index contributed by atoms with van der Waals surface area (Å²) in [5.41, 5.74) is 1.29. The van der Waals surface area contributed by atoms with Gasteiger partial charge in [-0.2, -0.15) is 0 Å². The number of ether oxygens (including phenoxy) is 1. The molecule has 0 aliphatic carbocycles. The van der Waals surface area contributed by atoms with Crippen LogP contribution in [-0.2, 0) is 6.54 Å². The molecule has 0 bridgehead atoms. The summed E-state index contributed by atoms with van der Waals surface area (Å²) in [5.74, 6) is 0.956. The summed E-state index contributed by atoms with van der Waals surface area (Å²) in [5, 5.41) is 0. The van der Waals surface area contributed by atoms with E-state index < -0.39 is 0 Å². The van der Waals surface area contributed by atoms with Crippen LogP contribution < -0.4 is 4.74 Å². The predicted octanol–water partition coefficient (Wildman–Crippen LogP) is 2.28. The average molecular weight is 297 g/mol. The highest BCUT2D eigenvalue weighted by Crippen LogP contribution is 2.10. The van der Waals surface area contributed by atoms with Crippen LogP contribution in [-0.4, -0.2) is 54.1 Å². The van der Waals surface area contributed by atoms with Crippen molar-refractivity contribution in [3.8, 4) is 5.75 Å². The molecule has 1 aliphatic rings. The smallest absolute Gasteiger partial charge is 0.119 e. The minimum Gasteiger partial charge on any atom is -0.492 e. The minimum atomic E-state index is 0.757. The quantitative estimate of drug-likeness (QED) is 0.818. The van der Waals surface area contributed by atoms with Gasteiger partial charge in [0.05, 0.1) is 0 Å². The number of hydrogen-bond acceptors (Lipinski definition) is 4. The van der Waals surface area contributed by atoms with Crippen molar-refractivity contribution in [1.29, 1.82) is 0 Å². The van der Waals surface area contributed by atoms with Crippen molar-refractivity contribution in [3.63, 3.8) is 0 Å². The van der Waals surface area contributed by atoms with Gasteiger partial charge in [0.1, 0.15) is 12.4 Å². The first-order valence-corrected chi connectivity index (χ1v) is 7.91. The largest absolute Gasteiger partial charge is 0.492 e. The topological polar surface area (TPSA) is 28.6 Å². The fourth-order valence-electron chi connectivity index (χ4n) is 2.73. The zero-order valence-electron chi connectivity index (χ0n) is 12.9. The number of piperazine rings is 1. The molecule has 2 aromatic rings. The molecule has 116 valence electrons. The van der Waals surface area contributed by atoms with Gasteiger partial charge in [-0.15, -0.1) is 0 Å². The molecule has 0 amide bonds. The van der Waals surface area contributed by atoms with E-state index in [2.05, 4.69) is 20.9 Å². The summed E-state index contributed by atoms with van der Waals surface area (Å²) >= 11 is 0. The minimum absolute atomic E-state index is 0.757. The van der Waals surface area contributed by atoms with Crippen molar-refractivity contribution in [2.45, 2.75) is 6.54 Å². The summed E-state index contributed by atoms with van der Waals surface area (Å²) in [6.07, 6.45) is 3.79. The van der Waals surface area contributed by atoms with Gasteiger partial charge in [0, 0.05) is 51.7 Å². The van der Waals surface area contributed by atoms with Crippen LogP contribution in [0.3, 0.4) is 0 Å². The summed E-state index contributed by atoms with van der Waals surface area (Å²) in [4.78, 5) is 9.15. The fraction of sp³-hybridized carbons (Fsp3) is 0.389. The molecule has 0 N–H and O–H groups in total. The Labute approximate surface area is 132 Å². The van der Waals surface area contributed by atoms with Gasteiger partial charge >= 0.3 is 0 Å². The number of benzene rings is 1. The second-order valence-electron chi connectivity index (χ2n) is 5.64. The van der Waals surface area contributed by atoms with Crippen LogP contribution in [0, 0.1) is 0 Å². The second kappa shape index (κ2) is 7.92. The van der Waals surface area contributed by atoms with Gasteiger partial charge in [0.25, 0.3) is 0 Å². The zero-order valence-corrected chi connectivity index (χ0v) is 12.9. The van der Waals surface area contributed by atoms with Gasteiger partial charge in [0.2, 0.25) is 0 Å². The highest BCUT2D eigenvalue weighted by atomic mass is 16.5. The van der Waals surface area contributed by atoms with Crippen molar-refractivity contribution < 1.29 is 4.74 Å². The lowest BCUT2D eigenvalue weighted by Crippen LogP contribution is -2.47. The number of nitrogens with zero attached hydrogens (tertiary/aromatic N) is 3. The Hall–Kier alpha value is -1.91. The Balaban J connectivity index is 1.35. The second-order valence-corrected chi connectivity index (χ2v) is 5.64. The monoisotopic (exact) mass is 297 g/mol. The third kappa shape index (κ3) is 4.55. The molecule has 0 unspecified atom stereocenters. The van der Waals surface area contributed by atoms with Crippen LogP contribution in [0.2, 0.25) is 0 Å². The van der Waals surface area contributed by atoms with E-state index >= 15 is 0 Å². The van der Waals surface area contributed by atoms with Gasteiger partial charge in [-0.25, -0.2) is 0 Å². The Morgan fingerprint density at radius 2 is 1.68 bits per heavy atom. The van der Waals surface area contributed by atoms with E-state index in [0.717, 1.165) is 51.6 Å². The maximum atomic E-state index is 5.77. The molecule has 0 saturated carbocycles. The Morgan fingerprint density at radius 1 is 0.909 bits per heavy atom. The first-order chi connectivity index (χ1) is 10.9. The van der Waals surface area contributed by atoms with Crippen LogP contribution in [0.15, 0.2) is 54.9 Å². The van der Waals surface area contributed by atoms with Crippen molar-refractivity contribution in [1.82, 2.24) is 14.8 Å². The molecule has 0 radical (unpaired) electrons. The molecular weight excluding hydrogens is 274 g/mol. The third-order valence-corrected chi connectivity index (χ3v) is 4.01.